The normalized spacial score (nSPS) is 12.9. The minimum absolute atomic E-state index is 0.931. The smallest absolute Gasteiger partial charge is 0.0669 e. The fourth-order valence-corrected chi connectivity index (χ4v) is 2.79. The molecule has 4 rings (SSSR count). The van der Waals surface area contributed by atoms with Gasteiger partial charge in [-0.3, -0.25) is 4.99 Å². The summed E-state index contributed by atoms with van der Waals surface area (Å²) in [6.07, 6.45) is 0.931. The first-order valence-electron chi connectivity index (χ1n) is 7.21. The highest BCUT2D eigenvalue weighted by Gasteiger charge is 2.15. The van der Waals surface area contributed by atoms with Crippen molar-refractivity contribution < 1.29 is 0 Å². The standard InChI is InChI=1S/C20H15N/c1-2-6-15(7-3-1)16-10-12-17(13-11-16)20-14-18-8-4-5-9-19(18)21-20/h1-13H,14H2. The summed E-state index contributed by atoms with van der Waals surface area (Å²) in [5, 5.41) is 0. The summed E-state index contributed by atoms with van der Waals surface area (Å²) in [4.78, 5) is 4.74. The van der Waals surface area contributed by atoms with Gasteiger partial charge in [0.2, 0.25) is 0 Å². The van der Waals surface area contributed by atoms with Gasteiger partial charge in [0.15, 0.2) is 0 Å². The van der Waals surface area contributed by atoms with Crippen molar-refractivity contribution in [1.82, 2.24) is 0 Å². The van der Waals surface area contributed by atoms with E-state index in [0.717, 1.165) is 17.8 Å². The summed E-state index contributed by atoms with van der Waals surface area (Å²) in [7, 11) is 0. The Kier molecular flexibility index (Phi) is 2.89. The van der Waals surface area contributed by atoms with E-state index in [1.807, 2.05) is 12.1 Å². The van der Waals surface area contributed by atoms with E-state index in [1.165, 1.54) is 22.3 Å². The number of para-hydroxylation sites is 1. The van der Waals surface area contributed by atoms with E-state index >= 15 is 0 Å². The lowest BCUT2D eigenvalue weighted by molar-refractivity contribution is 1.39. The quantitative estimate of drug-likeness (QED) is 0.618. The van der Waals surface area contributed by atoms with Gasteiger partial charge in [-0.25, -0.2) is 0 Å². The van der Waals surface area contributed by atoms with E-state index in [4.69, 9.17) is 4.99 Å². The van der Waals surface area contributed by atoms with Crippen molar-refractivity contribution in [3.05, 3.63) is 90.0 Å². The maximum Gasteiger partial charge on any atom is 0.0669 e. The van der Waals surface area contributed by atoms with Gasteiger partial charge >= 0.3 is 0 Å². The molecule has 3 aromatic rings. The van der Waals surface area contributed by atoms with Gasteiger partial charge in [-0.1, -0.05) is 72.8 Å². The lowest BCUT2D eigenvalue weighted by atomic mass is 10.0. The van der Waals surface area contributed by atoms with Crippen LogP contribution in [0.4, 0.5) is 5.69 Å². The zero-order chi connectivity index (χ0) is 14.1. The molecule has 100 valence electrons. The molecular formula is C20H15N. The van der Waals surface area contributed by atoms with Crippen LogP contribution < -0.4 is 0 Å². The van der Waals surface area contributed by atoms with E-state index in [0.29, 0.717) is 0 Å². The molecule has 1 heteroatoms. The van der Waals surface area contributed by atoms with Crippen molar-refractivity contribution in [2.24, 2.45) is 4.99 Å². The van der Waals surface area contributed by atoms with Crippen LogP contribution in [0, 0.1) is 0 Å². The predicted octanol–water partition coefficient (Wildman–Crippen LogP) is 5.03. The lowest BCUT2D eigenvalue weighted by Gasteiger charge is -2.04. The third kappa shape index (κ3) is 2.27. The molecule has 0 amide bonds. The molecule has 0 radical (unpaired) electrons. The molecular weight excluding hydrogens is 254 g/mol. The summed E-state index contributed by atoms with van der Waals surface area (Å²) in [5.41, 5.74) is 7.30. The van der Waals surface area contributed by atoms with E-state index in [9.17, 15) is 0 Å². The van der Waals surface area contributed by atoms with Gasteiger partial charge < -0.3 is 0 Å². The molecule has 1 aliphatic rings. The van der Waals surface area contributed by atoms with E-state index in [1.54, 1.807) is 0 Å². The molecule has 0 N–H and O–H groups in total. The number of aliphatic imine (C=N–C) groups is 1. The summed E-state index contributed by atoms with van der Waals surface area (Å²) in [6.45, 7) is 0. The summed E-state index contributed by atoms with van der Waals surface area (Å²) >= 11 is 0. The Labute approximate surface area is 124 Å². The zero-order valence-electron chi connectivity index (χ0n) is 11.7. The third-order valence-corrected chi connectivity index (χ3v) is 3.93. The van der Waals surface area contributed by atoms with Crippen LogP contribution in [0.5, 0.6) is 0 Å². The zero-order valence-corrected chi connectivity index (χ0v) is 11.7. The van der Waals surface area contributed by atoms with Crippen molar-refractivity contribution in [2.45, 2.75) is 6.42 Å². The van der Waals surface area contributed by atoms with Crippen molar-refractivity contribution in [2.75, 3.05) is 0 Å². The van der Waals surface area contributed by atoms with E-state index in [2.05, 4.69) is 66.7 Å². The molecule has 3 aromatic carbocycles. The second-order valence-corrected chi connectivity index (χ2v) is 5.31. The van der Waals surface area contributed by atoms with Crippen LogP contribution >= 0.6 is 0 Å². The van der Waals surface area contributed by atoms with E-state index < -0.39 is 0 Å². The van der Waals surface area contributed by atoms with Crippen LogP contribution in [0.1, 0.15) is 11.1 Å². The van der Waals surface area contributed by atoms with Gasteiger partial charge in [-0.15, -0.1) is 0 Å². The molecule has 0 saturated heterocycles. The molecule has 0 spiro atoms. The fourth-order valence-electron chi connectivity index (χ4n) is 2.79. The van der Waals surface area contributed by atoms with Crippen molar-refractivity contribution in [3.8, 4) is 11.1 Å². The first-order chi connectivity index (χ1) is 10.4. The fraction of sp³-hybridized carbons (Fsp3) is 0.0500. The van der Waals surface area contributed by atoms with Gasteiger partial charge in [0.25, 0.3) is 0 Å². The first-order valence-corrected chi connectivity index (χ1v) is 7.21. The predicted molar refractivity (Wildman–Crippen MR) is 88.2 cm³/mol. The maximum atomic E-state index is 4.74. The average molecular weight is 269 g/mol. The summed E-state index contributed by atoms with van der Waals surface area (Å²) in [6, 6.07) is 27.5. The van der Waals surface area contributed by atoms with Crippen LogP contribution in [0.25, 0.3) is 11.1 Å². The second kappa shape index (κ2) is 5.02. The highest BCUT2D eigenvalue weighted by molar-refractivity contribution is 6.06. The van der Waals surface area contributed by atoms with Crippen LogP contribution in [0.3, 0.4) is 0 Å². The third-order valence-electron chi connectivity index (χ3n) is 3.93. The highest BCUT2D eigenvalue weighted by Crippen LogP contribution is 2.29. The average Bonchev–Trinajstić information content (AvgIpc) is 3.00. The highest BCUT2D eigenvalue weighted by atomic mass is 14.8. The molecule has 0 unspecified atom stereocenters. The van der Waals surface area contributed by atoms with Crippen LogP contribution in [0.15, 0.2) is 83.9 Å². The van der Waals surface area contributed by atoms with Gasteiger partial charge in [0.05, 0.1) is 11.4 Å². The first kappa shape index (κ1) is 12.1. The SMILES string of the molecule is c1ccc(-c2ccc(C3=Nc4ccccc4C3)cc2)cc1. The van der Waals surface area contributed by atoms with E-state index in [-0.39, 0.29) is 0 Å². The van der Waals surface area contributed by atoms with Crippen LogP contribution in [0.2, 0.25) is 0 Å². The minimum Gasteiger partial charge on any atom is -0.252 e. The Morgan fingerprint density at radius 1 is 0.571 bits per heavy atom. The Balaban J connectivity index is 1.64. The molecule has 1 heterocycles. The molecule has 21 heavy (non-hydrogen) atoms. The molecule has 0 bridgehead atoms. The molecule has 1 aliphatic heterocycles. The largest absolute Gasteiger partial charge is 0.252 e. The van der Waals surface area contributed by atoms with Crippen molar-refractivity contribution >= 4 is 11.4 Å². The maximum absolute atomic E-state index is 4.74. The molecule has 0 aromatic heterocycles. The van der Waals surface area contributed by atoms with Gasteiger partial charge in [0.1, 0.15) is 0 Å². The lowest BCUT2D eigenvalue weighted by Crippen LogP contribution is -1.99. The Morgan fingerprint density at radius 3 is 1.95 bits per heavy atom. The number of benzene rings is 3. The monoisotopic (exact) mass is 269 g/mol. The van der Waals surface area contributed by atoms with Crippen LogP contribution in [-0.4, -0.2) is 5.71 Å². The molecule has 1 nitrogen and oxygen atoms in total. The molecule has 0 aliphatic carbocycles. The number of rotatable bonds is 2. The molecule has 0 atom stereocenters. The van der Waals surface area contributed by atoms with Gasteiger partial charge in [-0.05, 0) is 28.3 Å². The molecule has 0 fully saturated rings. The van der Waals surface area contributed by atoms with Gasteiger partial charge in [-0.2, -0.15) is 0 Å². The second-order valence-electron chi connectivity index (χ2n) is 5.31. The Morgan fingerprint density at radius 2 is 1.19 bits per heavy atom. The minimum atomic E-state index is 0.931. The summed E-state index contributed by atoms with van der Waals surface area (Å²) in [5.74, 6) is 0. The number of fused-ring (bicyclic) bond motifs is 1. The Hall–Kier alpha value is -2.67. The van der Waals surface area contributed by atoms with Crippen molar-refractivity contribution in [3.63, 3.8) is 0 Å². The topological polar surface area (TPSA) is 12.4 Å². The van der Waals surface area contributed by atoms with Gasteiger partial charge in [0, 0.05) is 6.42 Å². The number of nitrogens with zero attached hydrogens (tertiary/aromatic N) is 1. The summed E-state index contributed by atoms with van der Waals surface area (Å²) < 4.78 is 0. The van der Waals surface area contributed by atoms with Crippen molar-refractivity contribution in [1.29, 1.82) is 0 Å². The number of hydrogen-bond acceptors (Lipinski definition) is 1. The number of hydrogen-bond donors (Lipinski definition) is 0. The molecule has 0 saturated carbocycles. The van der Waals surface area contributed by atoms with Crippen LogP contribution in [-0.2, 0) is 6.42 Å². The Bertz CT molecular complexity index is 799.